The van der Waals surface area contributed by atoms with E-state index in [1.165, 1.54) is 0 Å². The molecule has 0 bridgehead atoms. The topological polar surface area (TPSA) is 73.2 Å². The van der Waals surface area contributed by atoms with Gasteiger partial charge in [-0.1, -0.05) is 30.3 Å². The largest absolute Gasteiger partial charge is 0.508 e. The first kappa shape index (κ1) is 25.0. The smallest absolute Gasteiger partial charge is 0.246 e. The Morgan fingerprint density at radius 3 is 2.63 bits per heavy atom. The summed E-state index contributed by atoms with van der Waals surface area (Å²) in [6, 6.07) is 14.4. The molecule has 186 valence electrons. The van der Waals surface area contributed by atoms with E-state index in [9.17, 15) is 15.0 Å². The molecule has 0 spiro atoms. The van der Waals surface area contributed by atoms with Crippen LogP contribution in [0.4, 0.5) is 0 Å². The summed E-state index contributed by atoms with van der Waals surface area (Å²) >= 11 is 0. The van der Waals surface area contributed by atoms with E-state index >= 15 is 0 Å². The van der Waals surface area contributed by atoms with Crippen molar-refractivity contribution < 1.29 is 19.7 Å². The fourth-order valence-corrected chi connectivity index (χ4v) is 6.13. The number of hydrogen-bond donors (Lipinski definition) is 2. The Bertz CT molecular complexity index is 1100. The zero-order chi connectivity index (χ0) is 25.1. The molecule has 6 heteroatoms. The van der Waals surface area contributed by atoms with E-state index in [2.05, 4.69) is 17.5 Å². The van der Waals surface area contributed by atoms with Crippen LogP contribution in [0.5, 0.6) is 11.5 Å². The highest BCUT2D eigenvalue weighted by Gasteiger charge is 2.59. The molecule has 1 heterocycles. The molecule has 0 radical (unpaired) electrons. The van der Waals surface area contributed by atoms with E-state index in [0.29, 0.717) is 0 Å². The van der Waals surface area contributed by atoms with E-state index in [4.69, 9.17) is 4.74 Å². The molecule has 1 amide bonds. The fourth-order valence-electron chi connectivity index (χ4n) is 6.13. The number of hydrogen-bond acceptors (Lipinski definition) is 5. The van der Waals surface area contributed by atoms with Gasteiger partial charge in [0, 0.05) is 44.8 Å². The maximum absolute atomic E-state index is 13.1. The average Bonchev–Trinajstić information content (AvgIpc) is 2.86. The molecular weight excluding hydrogens is 440 g/mol. The molecule has 0 aromatic heterocycles. The highest BCUT2D eigenvalue weighted by Crippen LogP contribution is 2.54. The Labute approximate surface area is 208 Å². The number of aromatic hydroxyl groups is 2. The number of piperidine rings is 1. The third kappa shape index (κ3) is 4.86. The lowest BCUT2D eigenvalue weighted by atomic mass is 9.55. The van der Waals surface area contributed by atoms with Crippen LogP contribution in [0.25, 0.3) is 6.08 Å². The zero-order valence-electron chi connectivity index (χ0n) is 20.7. The van der Waals surface area contributed by atoms with Gasteiger partial charge in [-0.2, -0.15) is 0 Å². The molecule has 2 fully saturated rings. The number of benzene rings is 2. The van der Waals surface area contributed by atoms with Gasteiger partial charge in [-0.3, -0.25) is 9.69 Å². The fraction of sp³-hybridized carbons (Fsp3) is 0.414. The summed E-state index contributed by atoms with van der Waals surface area (Å²) in [5.74, 6) is 0.349. The van der Waals surface area contributed by atoms with Crippen LogP contribution in [-0.4, -0.2) is 71.4 Å². The first-order valence-electron chi connectivity index (χ1n) is 12.2. The second kappa shape index (κ2) is 10.3. The van der Waals surface area contributed by atoms with Crippen molar-refractivity contribution in [2.45, 2.75) is 42.7 Å². The molecule has 1 saturated heterocycles. The molecule has 2 aromatic rings. The van der Waals surface area contributed by atoms with Crippen molar-refractivity contribution in [3.8, 4) is 11.5 Å². The second-order valence-corrected chi connectivity index (χ2v) is 9.88. The lowest BCUT2D eigenvalue weighted by molar-refractivity contribution is -0.157. The van der Waals surface area contributed by atoms with Gasteiger partial charge in [-0.15, -0.1) is 6.58 Å². The normalized spacial score (nSPS) is 26.9. The minimum atomic E-state index is -0.417. The Morgan fingerprint density at radius 2 is 1.94 bits per heavy atom. The number of fused-ring (bicyclic) bond motifs is 1. The summed E-state index contributed by atoms with van der Waals surface area (Å²) in [5, 5.41) is 20.0. The number of carbonyl (C=O) groups is 1. The number of phenolic OH excluding ortho intramolecular Hbond substituents is 2. The van der Waals surface area contributed by atoms with Crippen molar-refractivity contribution in [3.05, 3.63) is 78.4 Å². The highest BCUT2D eigenvalue weighted by atomic mass is 16.5. The minimum absolute atomic E-state index is 0.0351. The predicted molar refractivity (Wildman–Crippen MR) is 138 cm³/mol. The van der Waals surface area contributed by atoms with Gasteiger partial charge in [0.15, 0.2) is 0 Å². The molecule has 2 aliphatic rings. The van der Waals surface area contributed by atoms with E-state index in [0.717, 1.165) is 56.4 Å². The van der Waals surface area contributed by atoms with Crippen molar-refractivity contribution in [1.29, 1.82) is 0 Å². The summed E-state index contributed by atoms with van der Waals surface area (Å²) in [6.07, 6.45) is 8.51. The number of amides is 1. The first-order chi connectivity index (χ1) is 16.8. The first-order valence-corrected chi connectivity index (χ1v) is 12.2. The monoisotopic (exact) mass is 476 g/mol. The molecule has 0 unspecified atom stereocenters. The van der Waals surface area contributed by atoms with Gasteiger partial charge < -0.3 is 19.8 Å². The van der Waals surface area contributed by atoms with Gasteiger partial charge in [-0.25, -0.2) is 0 Å². The number of nitrogens with zero attached hydrogens (tertiary/aromatic N) is 2. The predicted octanol–water partition coefficient (Wildman–Crippen LogP) is 4.34. The van der Waals surface area contributed by atoms with E-state index in [-0.39, 0.29) is 28.9 Å². The average molecular weight is 477 g/mol. The van der Waals surface area contributed by atoms with Crippen molar-refractivity contribution in [1.82, 2.24) is 9.80 Å². The lowest BCUT2D eigenvalue weighted by Crippen LogP contribution is -2.67. The number of rotatable bonds is 7. The summed E-state index contributed by atoms with van der Waals surface area (Å²) in [6.45, 7) is 6.40. The Kier molecular flexibility index (Phi) is 7.33. The van der Waals surface area contributed by atoms with Crippen molar-refractivity contribution in [3.63, 3.8) is 0 Å². The SMILES string of the molecule is C=CCN1CC[C@@]2(c3cccc(O)c3)C[C@H](N(C)C(=O)C=Cc3cccc(O)c3)CC[C@]2(OC)C1. The molecule has 1 aliphatic carbocycles. The molecule has 6 nitrogen and oxygen atoms in total. The van der Waals surface area contributed by atoms with Crippen LogP contribution in [0, 0.1) is 0 Å². The zero-order valence-corrected chi connectivity index (χ0v) is 20.7. The van der Waals surface area contributed by atoms with Crippen LogP contribution < -0.4 is 0 Å². The summed E-state index contributed by atoms with van der Waals surface area (Å²) in [4.78, 5) is 17.3. The third-order valence-corrected chi connectivity index (χ3v) is 8.03. The number of ether oxygens (including phenoxy) is 1. The minimum Gasteiger partial charge on any atom is -0.508 e. The van der Waals surface area contributed by atoms with Crippen molar-refractivity contribution in [2.75, 3.05) is 33.8 Å². The Hall–Kier alpha value is -3.09. The van der Waals surface area contributed by atoms with Gasteiger partial charge in [0.05, 0.1) is 5.60 Å². The lowest BCUT2D eigenvalue weighted by Gasteiger charge is -2.60. The third-order valence-electron chi connectivity index (χ3n) is 8.03. The molecule has 2 aromatic carbocycles. The highest BCUT2D eigenvalue weighted by molar-refractivity contribution is 5.91. The molecular formula is C29H36N2O4. The van der Waals surface area contributed by atoms with Gasteiger partial charge in [0.2, 0.25) is 5.91 Å². The van der Waals surface area contributed by atoms with Crippen LogP contribution in [-0.2, 0) is 14.9 Å². The van der Waals surface area contributed by atoms with E-state index in [1.807, 2.05) is 36.2 Å². The van der Waals surface area contributed by atoms with Gasteiger partial charge >= 0.3 is 0 Å². The number of phenols is 2. The van der Waals surface area contributed by atoms with Crippen LogP contribution >= 0.6 is 0 Å². The number of methoxy groups -OCH3 is 1. The van der Waals surface area contributed by atoms with Crippen molar-refractivity contribution >= 4 is 12.0 Å². The Morgan fingerprint density at radius 1 is 1.20 bits per heavy atom. The molecule has 2 N–H and O–H groups in total. The van der Waals surface area contributed by atoms with Crippen LogP contribution in [0.3, 0.4) is 0 Å². The maximum Gasteiger partial charge on any atom is 0.246 e. The quantitative estimate of drug-likeness (QED) is 0.460. The molecule has 3 atom stereocenters. The van der Waals surface area contributed by atoms with Crippen LogP contribution in [0.15, 0.2) is 67.3 Å². The Balaban J connectivity index is 1.63. The standard InChI is InChI=1S/C29H36N2O4/c1-4-16-31-17-15-28(23-8-6-10-26(33)19-23)20-24(13-14-29(28,21-31)35-3)30(2)27(34)12-11-22-7-5-9-25(32)18-22/h4-12,18-19,24,32-33H,1,13-17,20-21H2,2-3H3/t24-,28+,29+/m1/s1. The van der Waals surface area contributed by atoms with Crippen LogP contribution in [0.2, 0.25) is 0 Å². The van der Waals surface area contributed by atoms with Crippen LogP contribution in [0.1, 0.15) is 36.8 Å². The van der Waals surface area contributed by atoms with Gasteiger partial charge in [-0.05, 0) is 73.7 Å². The van der Waals surface area contributed by atoms with Gasteiger partial charge in [0.25, 0.3) is 0 Å². The molecule has 1 aliphatic heterocycles. The number of carbonyl (C=O) groups excluding carboxylic acids is 1. The van der Waals surface area contributed by atoms with Gasteiger partial charge in [0.1, 0.15) is 11.5 Å². The van der Waals surface area contributed by atoms with E-state index < -0.39 is 5.60 Å². The molecule has 35 heavy (non-hydrogen) atoms. The number of likely N-dealkylation sites (tertiary alicyclic amines) is 1. The second-order valence-electron chi connectivity index (χ2n) is 9.88. The molecule has 1 saturated carbocycles. The summed E-state index contributed by atoms with van der Waals surface area (Å²) in [7, 11) is 3.66. The number of likely N-dealkylation sites (N-methyl/N-ethyl adjacent to an activating group) is 1. The summed E-state index contributed by atoms with van der Waals surface area (Å²) in [5.41, 5.74) is 1.10. The van der Waals surface area contributed by atoms with Crippen molar-refractivity contribution in [2.24, 2.45) is 0 Å². The summed E-state index contributed by atoms with van der Waals surface area (Å²) < 4.78 is 6.36. The van der Waals surface area contributed by atoms with E-state index in [1.54, 1.807) is 43.5 Å². The molecule has 4 rings (SSSR count). The maximum atomic E-state index is 13.1.